The van der Waals surface area contributed by atoms with Crippen LogP contribution in [0.4, 0.5) is 0 Å². The maximum absolute atomic E-state index is 14.7. The second kappa shape index (κ2) is 14.7. The fourth-order valence-corrected chi connectivity index (χ4v) is 13.2. The summed E-state index contributed by atoms with van der Waals surface area (Å²) in [6.07, 6.45) is 0. The Morgan fingerprint density at radius 1 is 0.288 bits per heavy atom. The highest BCUT2D eigenvalue weighted by Gasteiger charge is 2.29. The van der Waals surface area contributed by atoms with Gasteiger partial charge >= 0.3 is 0 Å². The van der Waals surface area contributed by atoms with Crippen LogP contribution in [0.2, 0.25) is 0 Å². The van der Waals surface area contributed by atoms with E-state index < -0.39 is 14.1 Å². The van der Waals surface area contributed by atoms with E-state index in [4.69, 9.17) is 19.9 Å². The molecule has 0 heterocycles. The van der Waals surface area contributed by atoms with Crippen LogP contribution in [0, 0.1) is 0 Å². The molecule has 0 fully saturated rings. The van der Waals surface area contributed by atoms with Crippen LogP contribution in [-0.4, -0.2) is 0 Å². The minimum Gasteiger partial charge on any atom is -0.285 e. The maximum Gasteiger partial charge on any atom is 0.234 e. The fraction of sp³-hybridized carbons (Fsp3) is 0. The van der Waals surface area contributed by atoms with Gasteiger partial charge in [-0.1, -0.05) is 206 Å². The summed E-state index contributed by atoms with van der Waals surface area (Å²) in [7, 11) is -5.40. The molecular formula is C45H34N4OP2. The van der Waals surface area contributed by atoms with Crippen molar-refractivity contribution in [2.45, 2.75) is 0 Å². The number of hydrogen-bond acceptors (Lipinski definition) is 3. The number of nitrogens with zero attached hydrogens (tertiary/aromatic N) is 4. The molecule has 0 saturated carbocycles. The van der Waals surface area contributed by atoms with Gasteiger partial charge in [0.05, 0.1) is 14.1 Å². The van der Waals surface area contributed by atoms with Gasteiger partial charge in [-0.15, -0.1) is 10.2 Å². The second-order valence-electron chi connectivity index (χ2n) is 12.2. The van der Waals surface area contributed by atoms with E-state index in [-0.39, 0.29) is 16.1 Å². The van der Waals surface area contributed by atoms with Crippen LogP contribution in [0.3, 0.4) is 0 Å². The van der Waals surface area contributed by atoms with Crippen molar-refractivity contribution in [2.24, 2.45) is 19.9 Å². The van der Waals surface area contributed by atoms with Gasteiger partial charge in [-0.05, 0) is 0 Å². The number of hydrogen-bond donors (Lipinski definition) is 0. The summed E-state index contributed by atoms with van der Waals surface area (Å²) in [6.45, 7) is 0. The molecule has 0 aromatic heterocycles. The van der Waals surface area contributed by atoms with Crippen molar-refractivity contribution < 1.29 is 0 Å². The van der Waals surface area contributed by atoms with E-state index in [0.717, 1.165) is 31.8 Å². The predicted molar refractivity (Wildman–Crippen MR) is 219 cm³/mol. The Bertz CT molecular complexity index is 2350. The zero-order valence-electron chi connectivity index (χ0n) is 28.2. The average Bonchev–Trinajstić information content (AvgIpc) is 3.50. The van der Waals surface area contributed by atoms with Crippen LogP contribution in [0.5, 0.6) is 0 Å². The lowest BCUT2D eigenvalue weighted by molar-refractivity contribution is 1.12. The van der Waals surface area contributed by atoms with Crippen molar-refractivity contribution in [1.29, 1.82) is 0 Å². The Morgan fingerprint density at radius 2 is 0.500 bits per heavy atom. The Kier molecular flexibility index (Phi) is 9.38. The smallest absolute Gasteiger partial charge is 0.234 e. The van der Waals surface area contributed by atoms with Gasteiger partial charge in [0.1, 0.15) is 10.7 Å². The van der Waals surface area contributed by atoms with Crippen molar-refractivity contribution in [3.63, 3.8) is 0 Å². The molecule has 8 rings (SSSR count). The molecule has 0 N–H and O–H groups in total. The molecule has 52 heavy (non-hydrogen) atoms. The summed E-state index contributed by atoms with van der Waals surface area (Å²) >= 11 is 0. The van der Waals surface area contributed by atoms with Gasteiger partial charge < -0.3 is 0 Å². The van der Waals surface area contributed by atoms with Crippen molar-refractivity contribution in [2.75, 3.05) is 0 Å². The fourth-order valence-electron chi connectivity index (χ4n) is 6.74. The topological polar surface area (TPSA) is 66.5 Å². The lowest BCUT2D eigenvalue weighted by Crippen LogP contribution is -2.32. The molecule has 0 saturated heterocycles. The first-order chi connectivity index (χ1) is 25.7. The quantitative estimate of drug-likeness (QED) is 0.123. The third-order valence-corrected chi connectivity index (χ3v) is 16.2. The van der Waals surface area contributed by atoms with E-state index >= 15 is 0 Å². The lowest BCUT2D eigenvalue weighted by Gasteiger charge is -2.25. The Labute approximate surface area is 302 Å². The standard InChI is InChI=1S/C45H34N4OP2/c50-45-43(46-48-51(35-21-7-1-8-22-35,36-23-9-2-10-24-36)37-25-11-3-12-26-37)41-33-19-20-34-42(41)44(45)47-49-52(38-27-13-4-14-28-38,39-29-15-5-16-30-39)40-31-17-6-18-32-40/h1-34H/b46-43-,47-44+. The molecule has 8 aromatic rings. The van der Waals surface area contributed by atoms with Crippen LogP contribution in [0.15, 0.2) is 231 Å². The van der Waals surface area contributed by atoms with Gasteiger partial charge in [0.15, 0.2) is 0 Å². The molecule has 7 heteroatoms. The van der Waals surface area contributed by atoms with E-state index in [0.29, 0.717) is 10.8 Å². The number of benzene rings is 7. The SMILES string of the molecule is O=c1/c(=N\N=P(c2ccccc2)(c2ccccc2)c2ccccc2)c2ccccc2/c1=N\N=P(c1ccccc1)(c1ccccc1)c1ccccc1. The predicted octanol–water partition coefficient (Wildman–Crippen LogP) is 7.06. The van der Waals surface area contributed by atoms with Crippen LogP contribution in [-0.2, 0) is 0 Å². The summed E-state index contributed by atoms with van der Waals surface area (Å²) in [5, 5.41) is 18.1. The highest BCUT2D eigenvalue weighted by Crippen LogP contribution is 2.47. The Balaban J connectivity index is 1.48. The second-order valence-corrected chi connectivity index (χ2v) is 18.2. The van der Waals surface area contributed by atoms with E-state index in [9.17, 15) is 4.79 Å². The van der Waals surface area contributed by atoms with Crippen LogP contribution >= 0.6 is 14.1 Å². The first-order valence-electron chi connectivity index (χ1n) is 17.1. The average molecular weight is 709 g/mol. The third kappa shape index (κ3) is 5.95. The van der Waals surface area contributed by atoms with Crippen LogP contribution < -0.4 is 48.0 Å². The highest BCUT2D eigenvalue weighted by molar-refractivity contribution is 7.87. The number of rotatable bonds is 8. The Hall–Kier alpha value is -5.99. The summed E-state index contributed by atoms with van der Waals surface area (Å²) in [5.41, 5.74) is -0.298. The van der Waals surface area contributed by atoms with Crippen LogP contribution in [0.1, 0.15) is 0 Å². The van der Waals surface area contributed by atoms with Crippen molar-refractivity contribution in [1.82, 2.24) is 0 Å². The normalized spacial score (nSPS) is 12.5. The first-order valence-corrected chi connectivity index (χ1v) is 20.6. The molecule has 8 aromatic carbocycles. The Morgan fingerprint density at radius 3 is 0.731 bits per heavy atom. The summed E-state index contributed by atoms with van der Waals surface area (Å²) < 4.78 is 0. The largest absolute Gasteiger partial charge is 0.285 e. The summed E-state index contributed by atoms with van der Waals surface area (Å²) in [5.74, 6) is 0. The molecule has 0 bridgehead atoms. The lowest BCUT2D eigenvalue weighted by atomic mass is 10.2. The molecular weight excluding hydrogens is 674 g/mol. The van der Waals surface area contributed by atoms with Crippen molar-refractivity contribution in [3.8, 4) is 0 Å². The zero-order chi connectivity index (χ0) is 35.2. The van der Waals surface area contributed by atoms with Gasteiger partial charge in [0, 0.05) is 42.6 Å². The van der Waals surface area contributed by atoms with Crippen molar-refractivity contribution in [3.05, 3.63) is 227 Å². The monoisotopic (exact) mass is 708 g/mol. The van der Waals surface area contributed by atoms with E-state index in [2.05, 4.69) is 72.8 Å². The van der Waals surface area contributed by atoms with Gasteiger partial charge in [-0.3, -0.25) is 4.79 Å². The third-order valence-electron chi connectivity index (χ3n) is 9.20. The first kappa shape index (κ1) is 33.2. The van der Waals surface area contributed by atoms with E-state index in [1.807, 2.05) is 133 Å². The molecule has 0 unspecified atom stereocenters. The molecule has 0 radical (unpaired) electrons. The van der Waals surface area contributed by atoms with Gasteiger partial charge in [0.25, 0.3) is 0 Å². The number of fused-ring (bicyclic) bond motifs is 1. The molecule has 0 aliphatic carbocycles. The molecule has 0 aliphatic rings. The summed E-state index contributed by atoms with van der Waals surface area (Å²) in [4.78, 5) is 25.2. The minimum atomic E-state index is -2.70. The van der Waals surface area contributed by atoms with Crippen molar-refractivity contribution >= 4 is 56.7 Å². The highest BCUT2D eigenvalue weighted by atomic mass is 31.2. The zero-order valence-corrected chi connectivity index (χ0v) is 30.0. The van der Waals surface area contributed by atoms with Gasteiger partial charge in [-0.2, -0.15) is 9.71 Å². The van der Waals surface area contributed by atoms with Gasteiger partial charge in [-0.25, -0.2) is 0 Å². The molecule has 0 atom stereocenters. The molecule has 250 valence electrons. The minimum absolute atomic E-state index is 0.264. The molecule has 0 aliphatic heterocycles. The maximum atomic E-state index is 14.7. The van der Waals surface area contributed by atoms with Gasteiger partial charge in [0.2, 0.25) is 5.43 Å². The molecule has 5 nitrogen and oxygen atoms in total. The van der Waals surface area contributed by atoms with E-state index in [1.165, 1.54) is 0 Å². The van der Waals surface area contributed by atoms with E-state index in [1.54, 1.807) is 0 Å². The molecule has 0 amide bonds. The summed E-state index contributed by atoms with van der Waals surface area (Å²) in [6, 6.07) is 69.3. The van der Waals surface area contributed by atoms with Crippen LogP contribution in [0.25, 0.3) is 10.8 Å². The molecule has 0 spiro atoms.